The van der Waals surface area contributed by atoms with E-state index in [1.165, 1.54) is 11.3 Å². The van der Waals surface area contributed by atoms with Crippen LogP contribution >= 0.6 is 11.6 Å². The molecule has 2 aromatic carbocycles. The van der Waals surface area contributed by atoms with E-state index < -0.39 is 0 Å². The summed E-state index contributed by atoms with van der Waals surface area (Å²) in [5.74, 6) is 0.0169. The molecule has 0 unspecified atom stereocenters. The number of para-hydroxylation sites is 1. The fourth-order valence-corrected chi connectivity index (χ4v) is 4.56. The summed E-state index contributed by atoms with van der Waals surface area (Å²) in [6.45, 7) is 3.66. The highest BCUT2D eigenvalue weighted by atomic mass is 35.5. The number of nitrogens with zero attached hydrogens (tertiary/aromatic N) is 2. The second-order valence-electron chi connectivity index (χ2n) is 7.41. The standard InChI is InChI=1S/C22H26ClN3O2/c1-28-12-9-24-22(27)19-13-16-5-2-3-8-20(16)26-11-10-25(15-21(19)26)18-7-4-6-17(23)14-18/h2-8,14,19,21H,9-13,15H2,1H3,(H,24,27)/t19-,21+/m0/s1. The molecule has 148 valence electrons. The fraction of sp³-hybridized carbons (Fsp3) is 0.409. The maximum Gasteiger partial charge on any atom is 0.225 e. The average Bonchev–Trinajstić information content (AvgIpc) is 2.73. The van der Waals surface area contributed by atoms with Gasteiger partial charge in [0.1, 0.15) is 0 Å². The van der Waals surface area contributed by atoms with Crippen LogP contribution < -0.4 is 15.1 Å². The molecule has 0 aliphatic carbocycles. The summed E-state index contributed by atoms with van der Waals surface area (Å²) in [5, 5.41) is 3.79. The molecular formula is C22H26ClN3O2. The summed E-state index contributed by atoms with van der Waals surface area (Å²) in [4.78, 5) is 17.8. The zero-order valence-corrected chi connectivity index (χ0v) is 16.9. The number of halogens is 1. The first-order valence-electron chi connectivity index (χ1n) is 9.79. The molecule has 6 heteroatoms. The number of carbonyl (C=O) groups excluding carboxylic acids is 1. The number of methoxy groups -OCH3 is 1. The highest BCUT2D eigenvalue weighted by Crippen LogP contribution is 2.37. The molecule has 0 aromatic heterocycles. The third-order valence-electron chi connectivity index (χ3n) is 5.74. The first-order valence-corrected chi connectivity index (χ1v) is 10.2. The van der Waals surface area contributed by atoms with Gasteiger partial charge >= 0.3 is 0 Å². The van der Waals surface area contributed by atoms with Crippen LogP contribution in [0.2, 0.25) is 5.02 Å². The molecule has 2 atom stereocenters. The zero-order valence-electron chi connectivity index (χ0n) is 16.1. The highest BCUT2D eigenvalue weighted by Gasteiger charge is 2.41. The second-order valence-corrected chi connectivity index (χ2v) is 7.85. The van der Waals surface area contributed by atoms with Crippen molar-refractivity contribution in [1.29, 1.82) is 0 Å². The minimum absolute atomic E-state index is 0.0891. The van der Waals surface area contributed by atoms with E-state index in [4.69, 9.17) is 16.3 Å². The van der Waals surface area contributed by atoms with E-state index in [2.05, 4.69) is 45.4 Å². The zero-order chi connectivity index (χ0) is 19.5. The Morgan fingerprint density at radius 2 is 2.07 bits per heavy atom. The van der Waals surface area contributed by atoms with E-state index in [-0.39, 0.29) is 17.9 Å². The van der Waals surface area contributed by atoms with Crippen LogP contribution in [0.15, 0.2) is 48.5 Å². The largest absolute Gasteiger partial charge is 0.383 e. The van der Waals surface area contributed by atoms with Gasteiger partial charge in [-0.2, -0.15) is 0 Å². The quantitative estimate of drug-likeness (QED) is 0.785. The van der Waals surface area contributed by atoms with Crippen LogP contribution in [0.3, 0.4) is 0 Å². The summed E-state index contributed by atoms with van der Waals surface area (Å²) < 4.78 is 5.08. The van der Waals surface area contributed by atoms with E-state index in [1.807, 2.05) is 18.2 Å². The predicted molar refractivity (Wildman–Crippen MR) is 113 cm³/mol. The lowest BCUT2D eigenvalue weighted by Crippen LogP contribution is -2.61. The molecule has 2 heterocycles. The number of nitrogens with one attached hydrogen (secondary N) is 1. The van der Waals surface area contributed by atoms with Crippen molar-refractivity contribution in [3.8, 4) is 0 Å². The van der Waals surface area contributed by atoms with Crippen molar-refractivity contribution < 1.29 is 9.53 Å². The van der Waals surface area contributed by atoms with Gasteiger partial charge < -0.3 is 19.9 Å². The number of fused-ring (bicyclic) bond motifs is 3. The summed E-state index contributed by atoms with van der Waals surface area (Å²) in [7, 11) is 1.65. The van der Waals surface area contributed by atoms with Crippen molar-refractivity contribution in [2.75, 3.05) is 49.7 Å². The molecule has 2 aromatic rings. The lowest BCUT2D eigenvalue weighted by Gasteiger charge is -2.49. The van der Waals surface area contributed by atoms with Gasteiger partial charge in [0.15, 0.2) is 0 Å². The molecule has 0 saturated carbocycles. The third kappa shape index (κ3) is 3.82. The number of rotatable bonds is 5. The van der Waals surface area contributed by atoms with Crippen LogP contribution in [-0.4, -0.2) is 51.8 Å². The molecule has 0 bridgehead atoms. The van der Waals surface area contributed by atoms with Crippen LogP contribution in [-0.2, 0) is 16.0 Å². The maximum atomic E-state index is 13.0. The van der Waals surface area contributed by atoms with Crippen molar-refractivity contribution in [2.24, 2.45) is 5.92 Å². The number of hydrogen-bond donors (Lipinski definition) is 1. The summed E-state index contributed by atoms with van der Waals surface area (Å²) in [6.07, 6.45) is 0.763. The van der Waals surface area contributed by atoms with Gasteiger partial charge in [-0.25, -0.2) is 0 Å². The monoisotopic (exact) mass is 399 g/mol. The Morgan fingerprint density at radius 1 is 1.21 bits per heavy atom. The summed E-state index contributed by atoms with van der Waals surface area (Å²) >= 11 is 6.21. The molecule has 1 saturated heterocycles. The van der Waals surface area contributed by atoms with Gasteiger partial charge in [0.2, 0.25) is 5.91 Å². The maximum absolute atomic E-state index is 13.0. The van der Waals surface area contributed by atoms with Crippen molar-refractivity contribution >= 4 is 28.9 Å². The number of ether oxygens (including phenoxy) is 1. The van der Waals surface area contributed by atoms with Crippen molar-refractivity contribution in [3.05, 3.63) is 59.1 Å². The highest BCUT2D eigenvalue weighted by molar-refractivity contribution is 6.30. The minimum Gasteiger partial charge on any atom is -0.383 e. The Balaban J connectivity index is 1.60. The Kier molecular flexibility index (Phi) is 5.74. The number of hydrogen-bond acceptors (Lipinski definition) is 4. The number of piperazine rings is 1. The van der Waals surface area contributed by atoms with Gasteiger partial charge in [-0.3, -0.25) is 4.79 Å². The molecule has 1 fully saturated rings. The van der Waals surface area contributed by atoms with E-state index in [0.717, 1.165) is 36.8 Å². The van der Waals surface area contributed by atoms with Gasteiger partial charge in [-0.15, -0.1) is 0 Å². The minimum atomic E-state index is -0.0891. The molecule has 28 heavy (non-hydrogen) atoms. The van der Waals surface area contributed by atoms with Gasteiger partial charge in [-0.1, -0.05) is 35.9 Å². The number of amides is 1. The molecular weight excluding hydrogens is 374 g/mol. The average molecular weight is 400 g/mol. The SMILES string of the molecule is COCCNC(=O)[C@H]1Cc2ccccc2N2CCN(c3cccc(Cl)c3)C[C@H]12. The van der Waals surface area contributed by atoms with E-state index in [1.54, 1.807) is 7.11 Å². The Hall–Kier alpha value is -2.24. The topological polar surface area (TPSA) is 44.8 Å². The number of carbonyl (C=O) groups is 1. The van der Waals surface area contributed by atoms with Gasteiger partial charge in [0.25, 0.3) is 0 Å². The normalized spacial score (nSPS) is 21.1. The van der Waals surface area contributed by atoms with E-state index in [9.17, 15) is 4.79 Å². The van der Waals surface area contributed by atoms with Crippen molar-refractivity contribution in [2.45, 2.75) is 12.5 Å². The van der Waals surface area contributed by atoms with Crippen molar-refractivity contribution in [3.63, 3.8) is 0 Å². The number of anilines is 2. The van der Waals surface area contributed by atoms with Crippen LogP contribution in [0.5, 0.6) is 0 Å². The summed E-state index contributed by atoms with van der Waals surface area (Å²) in [5.41, 5.74) is 3.63. The Morgan fingerprint density at radius 3 is 2.89 bits per heavy atom. The van der Waals surface area contributed by atoms with Gasteiger partial charge in [-0.05, 0) is 36.2 Å². The molecule has 4 rings (SSSR count). The Bertz CT molecular complexity index is 844. The number of benzene rings is 2. The first kappa shape index (κ1) is 19.1. The predicted octanol–water partition coefficient (Wildman–Crippen LogP) is 2.97. The third-order valence-corrected chi connectivity index (χ3v) is 5.97. The molecule has 2 aliphatic heterocycles. The lowest BCUT2D eigenvalue weighted by atomic mass is 9.83. The molecule has 1 N–H and O–H groups in total. The van der Waals surface area contributed by atoms with Crippen LogP contribution in [0.4, 0.5) is 11.4 Å². The van der Waals surface area contributed by atoms with E-state index in [0.29, 0.717) is 13.2 Å². The van der Waals surface area contributed by atoms with Crippen LogP contribution in [0.25, 0.3) is 0 Å². The second kappa shape index (κ2) is 8.41. The summed E-state index contributed by atoms with van der Waals surface area (Å²) in [6, 6.07) is 16.6. The molecule has 2 aliphatic rings. The molecule has 0 spiro atoms. The first-order chi connectivity index (χ1) is 13.7. The van der Waals surface area contributed by atoms with Crippen LogP contribution in [0.1, 0.15) is 5.56 Å². The molecule has 5 nitrogen and oxygen atoms in total. The van der Waals surface area contributed by atoms with E-state index >= 15 is 0 Å². The lowest BCUT2D eigenvalue weighted by molar-refractivity contribution is -0.126. The molecule has 1 amide bonds. The van der Waals surface area contributed by atoms with Crippen LogP contribution in [0, 0.1) is 5.92 Å². The smallest absolute Gasteiger partial charge is 0.225 e. The van der Waals surface area contributed by atoms with Gasteiger partial charge in [0.05, 0.1) is 18.6 Å². The molecule has 0 radical (unpaired) electrons. The Labute approximate surface area is 171 Å². The van der Waals surface area contributed by atoms with Crippen molar-refractivity contribution in [1.82, 2.24) is 5.32 Å². The fourth-order valence-electron chi connectivity index (χ4n) is 4.37. The van der Waals surface area contributed by atoms with Gasteiger partial charge in [0, 0.05) is 49.7 Å².